The van der Waals surface area contributed by atoms with E-state index in [4.69, 9.17) is 21.2 Å². The number of oxime groups is 1. The van der Waals surface area contributed by atoms with Crippen molar-refractivity contribution in [2.24, 2.45) is 5.16 Å². The molecule has 5 nitrogen and oxygen atoms in total. The van der Waals surface area contributed by atoms with E-state index in [2.05, 4.69) is 21.1 Å². The largest absolute Gasteiger partial charge is 0.423 e. The average Bonchev–Trinajstić information content (AvgIpc) is 3.10. The maximum atomic E-state index is 12.3. The van der Waals surface area contributed by atoms with Crippen LogP contribution < -0.4 is 4.74 Å². The minimum atomic E-state index is -0.538. The molecule has 4 rings (SSSR count). The third-order valence-electron chi connectivity index (χ3n) is 4.31. The standard InChI is InChI=1S/C23H13BrClNO4/c24-20-4-2-1-3-18(20)22(27)29-17-11-5-14(6-12-17)13-19-21(26-30-23(19)28)15-7-9-16(25)10-8-15/h1-13H. The van der Waals surface area contributed by atoms with E-state index in [-0.39, 0.29) is 0 Å². The lowest BCUT2D eigenvalue weighted by molar-refractivity contribution is -0.136. The second kappa shape index (κ2) is 8.65. The first-order chi connectivity index (χ1) is 14.5. The molecule has 0 saturated carbocycles. The van der Waals surface area contributed by atoms with Crippen LogP contribution in [-0.2, 0) is 9.63 Å². The molecule has 7 heteroatoms. The molecule has 3 aromatic carbocycles. The predicted octanol–water partition coefficient (Wildman–Crippen LogP) is 5.67. The van der Waals surface area contributed by atoms with E-state index in [0.717, 1.165) is 11.1 Å². The Balaban J connectivity index is 1.53. The zero-order valence-electron chi connectivity index (χ0n) is 15.3. The van der Waals surface area contributed by atoms with E-state index in [0.29, 0.717) is 32.1 Å². The molecule has 148 valence electrons. The van der Waals surface area contributed by atoms with Gasteiger partial charge in [-0.05, 0) is 64.0 Å². The zero-order chi connectivity index (χ0) is 21.1. The van der Waals surface area contributed by atoms with E-state index in [1.807, 2.05) is 6.07 Å². The van der Waals surface area contributed by atoms with E-state index in [9.17, 15) is 9.59 Å². The third-order valence-corrected chi connectivity index (χ3v) is 5.25. The van der Waals surface area contributed by atoms with Crippen LogP contribution in [0, 0.1) is 0 Å². The summed E-state index contributed by atoms with van der Waals surface area (Å²) in [4.78, 5) is 29.3. The third kappa shape index (κ3) is 4.35. The zero-order valence-corrected chi connectivity index (χ0v) is 17.7. The van der Waals surface area contributed by atoms with Crippen LogP contribution in [0.3, 0.4) is 0 Å². The van der Waals surface area contributed by atoms with Gasteiger partial charge in [-0.2, -0.15) is 0 Å². The number of ether oxygens (including phenoxy) is 1. The summed E-state index contributed by atoms with van der Waals surface area (Å²) in [6, 6.07) is 20.8. The fourth-order valence-corrected chi connectivity index (χ4v) is 3.39. The second-order valence-electron chi connectivity index (χ2n) is 6.32. The number of rotatable bonds is 4. The monoisotopic (exact) mass is 481 g/mol. The van der Waals surface area contributed by atoms with Crippen LogP contribution in [0.5, 0.6) is 5.75 Å². The Morgan fingerprint density at radius 3 is 2.40 bits per heavy atom. The molecule has 0 amide bonds. The molecular weight excluding hydrogens is 470 g/mol. The first kappa shape index (κ1) is 20.1. The SMILES string of the molecule is O=C1ON=C(c2ccc(Cl)cc2)C1=Cc1ccc(OC(=O)c2ccccc2Br)cc1. The van der Waals surface area contributed by atoms with Crippen molar-refractivity contribution >= 4 is 51.3 Å². The highest BCUT2D eigenvalue weighted by molar-refractivity contribution is 9.10. The molecule has 0 N–H and O–H groups in total. The number of nitrogens with zero attached hydrogens (tertiary/aromatic N) is 1. The van der Waals surface area contributed by atoms with Crippen molar-refractivity contribution in [3.8, 4) is 5.75 Å². The molecule has 0 unspecified atom stereocenters. The number of hydrogen-bond acceptors (Lipinski definition) is 5. The minimum Gasteiger partial charge on any atom is -0.423 e. The number of carbonyl (C=O) groups is 2. The summed E-state index contributed by atoms with van der Waals surface area (Å²) in [6.45, 7) is 0. The molecule has 0 aliphatic carbocycles. The van der Waals surface area contributed by atoms with Crippen LogP contribution >= 0.6 is 27.5 Å². The summed E-state index contributed by atoms with van der Waals surface area (Å²) < 4.78 is 6.07. The van der Waals surface area contributed by atoms with Crippen LogP contribution in [0.15, 0.2) is 88.0 Å². The molecule has 0 saturated heterocycles. The molecule has 0 spiro atoms. The van der Waals surface area contributed by atoms with Crippen molar-refractivity contribution in [1.29, 1.82) is 0 Å². The quantitative estimate of drug-likeness (QED) is 0.208. The Kier molecular flexibility index (Phi) is 5.79. The lowest BCUT2D eigenvalue weighted by Crippen LogP contribution is -2.09. The van der Waals surface area contributed by atoms with Crippen LogP contribution in [0.1, 0.15) is 21.5 Å². The Bertz CT molecular complexity index is 1180. The molecule has 0 bridgehead atoms. The molecule has 1 heterocycles. The number of halogens is 2. The van der Waals surface area contributed by atoms with Gasteiger partial charge in [-0.3, -0.25) is 0 Å². The Hall–Kier alpha value is -3.22. The van der Waals surface area contributed by atoms with Crippen molar-refractivity contribution in [3.05, 3.63) is 105 Å². The van der Waals surface area contributed by atoms with Crippen molar-refractivity contribution in [2.75, 3.05) is 0 Å². The number of benzene rings is 3. The fraction of sp³-hybridized carbons (Fsp3) is 0. The fourth-order valence-electron chi connectivity index (χ4n) is 2.81. The van der Waals surface area contributed by atoms with Crippen LogP contribution in [0.25, 0.3) is 6.08 Å². The highest BCUT2D eigenvalue weighted by atomic mass is 79.9. The normalized spacial score (nSPS) is 14.4. The van der Waals surface area contributed by atoms with Gasteiger partial charge in [0, 0.05) is 15.1 Å². The molecule has 1 aliphatic heterocycles. The summed E-state index contributed by atoms with van der Waals surface area (Å²) in [6.07, 6.45) is 1.67. The van der Waals surface area contributed by atoms with Gasteiger partial charge in [-0.1, -0.05) is 53.2 Å². The van der Waals surface area contributed by atoms with Gasteiger partial charge < -0.3 is 9.57 Å². The summed E-state index contributed by atoms with van der Waals surface area (Å²) in [7, 11) is 0. The van der Waals surface area contributed by atoms with Gasteiger partial charge >= 0.3 is 11.9 Å². The van der Waals surface area contributed by atoms with Crippen molar-refractivity contribution in [2.45, 2.75) is 0 Å². The summed E-state index contributed by atoms with van der Waals surface area (Å²) in [5.74, 6) is -0.618. The summed E-state index contributed by atoms with van der Waals surface area (Å²) in [5.41, 5.74) is 2.64. The van der Waals surface area contributed by atoms with Gasteiger partial charge in [0.25, 0.3) is 0 Å². The van der Waals surface area contributed by atoms with Crippen molar-refractivity contribution in [3.63, 3.8) is 0 Å². The Morgan fingerprint density at radius 1 is 1.00 bits per heavy atom. The van der Waals surface area contributed by atoms with Gasteiger partial charge in [0.15, 0.2) is 0 Å². The lowest BCUT2D eigenvalue weighted by atomic mass is 10.0. The predicted molar refractivity (Wildman–Crippen MR) is 118 cm³/mol. The first-order valence-corrected chi connectivity index (χ1v) is 10.0. The van der Waals surface area contributed by atoms with Gasteiger partial charge in [0.05, 0.1) is 11.1 Å². The molecular formula is C23H13BrClNO4. The Morgan fingerprint density at radius 2 is 1.70 bits per heavy atom. The number of esters is 1. The van der Waals surface area contributed by atoms with Crippen molar-refractivity contribution in [1.82, 2.24) is 0 Å². The molecule has 3 aromatic rings. The minimum absolute atomic E-state index is 0.329. The summed E-state index contributed by atoms with van der Waals surface area (Å²) >= 11 is 9.25. The van der Waals surface area contributed by atoms with Crippen LogP contribution in [-0.4, -0.2) is 17.7 Å². The van der Waals surface area contributed by atoms with Gasteiger partial charge in [-0.25, -0.2) is 9.59 Å². The topological polar surface area (TPSA) is 65.0 Å². The highest BCUT2D eigenvalue weighted by Gasteiger charge is 2.26. The average molecular weight is 483 g/mol. The second-order valence-corrected chi connectivity index (χ2v) is 7.61. The highest BCUT2D eigenvalue weighted by Crippen LogP contribution is 2.24. The van der Waals surface area contributed by atoms with E-state index in [1.54, 1.807) is 72.8 Å². The van der Waals surface area contributed by atoms with E-state index < -0.39 is 11.9 Å². The van der Waals surface area contributed by atoms with Gasteiger partial charge in [0.1, 0.15) is 11.5 Å². The smallest absolute Gasteiger partial charge is 0.368 e. The lowest BCUT2D eigenvalue weighted by Gasteiger charge is -2.06. The summed E-state index contributed by atoms with van der Waals surface area (Å²) in [5, 5.41) is 4.46. The van der Waals surface area contributed by atoms with E-state index >= 15 is 0 Å². The number of hydrogen-bond donors (Lipinski definition) is 0. The number of carbonyl (C=O) groups excluding carboxylic acids is 2. The van der Waals surface area contributed by atoms with Gasteiger partial charge in [-0.15, -0.1) is 0 Å². The molecule has 30 heavy (non-hydrogen) atoms. The molecule has 0 fully saturated rings. The molecule has 0 atom stereocenters. The van der Waals surface area contributed by atoms with Gasteiger partial charge in [0.2, 0.25) is 0 Å². The maximum Gasteiger partial charge on any atom is 0.368 e. The maximum absolute atomic E-state index is 12.3. The van der Waals surface area contributed by atoms with E-state index in [1.165, 1.54) is 0 Å². The Labute approximate surface area is 185 Å². The molecule has 0 radical (unpaired) electrons. The first-order valence-electron chi connectivity index (χ1n) is 8.85. The molecule has 1 aliphatic rings. The molecule has 0 aromatic heterocycles. The van der Waals surface area contributed by atoms with Crippen molar-refractivity contribution < 1.29 is 19.2 Å². The van der Waals surface area contributed by atoms with Crippen LogP contribution in [0.4, 0.5) is 0 Å². The van der Waals surface area contributed by atoms with Crippen LogP contribution in [0.2, 0.25) is 5.02 Å².